The zero-order valence-electron chi connectivity index (χ0n) is 17.4. The topological polar surface area (TPSA) is 52.6 Å². The highest BCUT2D eigenvalue weighted by atomic mass is 16.6. The molecule has 2 unspecified atom stereocenters. The van der Waals surface area contributed by atoms with Crippen LogP contribution in [-0.2, 0) is 19.1 Å². The molecule has 4 nitrogen and oxygen atoms in total. The Morgan fingerprint density at radius 3 is 1.58 bits per heavy atom. The molecule has 0 aliphatic heterocycles. The van der Waals surface area contributed by atoms with Gasteiger partial charge in [0.05, 0.1) is 13.2 Å². The monoisotopic (exact) mass is 368 g/mol. The number of hydrogen-bond acceptors (Lipinski definition) is 4. The van der Waals surface area contributed by atoms with Crippen LogP contribution in [0.5, 0.6) is 0 Å². The molecular weight excluding hydrogens is 328 g/mol. The first-order valence-corrected chi connectivity index (χ1v) is 10.5. The second-order valence-corrected chi connectivity index (χ2v) is 7.17. The Hall–Kier alpha value is -1.32. The molecule has 0 aromatic heterocycles. The third-order valence-corrected chi connectivity index (χ3v) is 4.98. The van der Waals surface area contributed by atoms with E-state index in [1.54, 1.807) is 6.08 Å². The molecule has 152 valence electrons. The quantitative estimate of drug-likeness (QED) is 0.199. The normalized spacial score (nSPS) is 14.3. The number of allylic oxidation sites excluding steroid dienone is 1. The van der Waals surface area contributed by atoms with Crippen molar-refractivity contribution < 1.29 is 19.1 Å². The van der Waals surface area contributed by atoms with Crippen LogP contribution in [0.15, 0.2) is 12.7 Å². The minimum atomic E-state index is -0.889. The molecule has 4 heteroatoms. The summed E-state index contributed by atoms with van der Waals surface area (Å²) in [7, 11) is 0. The first kappa shape index (κ1) is 24.7. The molecule has 0 aromatic carbocycles. The van der Waals surface area contributed by atoms with E-state index >= 15 is 0 Å². The predicted molar refractivity (Wildman–Crippen MR) is 107 cm³/mol. The number of esters is 2. The highest BCUT2D eigenvalue weighted by Gasteiger charge is 2.29. The zero-order chi connectivity index (χ0) is 19.8. The fourth-order valence-electron chi connectivity index (χ4n) is 2.85. The van der Waals surface area contributed by atoms with Crippen molar-refractivity contribution in [1.29, 1.82) is 0 Å². The average molecular weight is 369 g/mol. The van der Waals surface area contributed by atoms with E-state index in [9.17, 15) is 9.59 Å². The molecule has 0 N–H and O–H groups in total. The van der Waals surface area contributed by atoms with Gasteiger partial charge in [0.15, 0.2) is 5.92 Å². The van der Waals surface area contributed by atoms with Gasteiger partial charge >= 0.3 is 11.9 Å². The number of carbonyl (C=O) groups is 2. The highest BCUT2D eigenvalue weighted by molar-refractivity contribution is 5.95. The maximum Gasteiger partial charge on any atom is 0.320 e. The highest BCUT2D eigenvalue weighted by Crippen LogP contribution is 2.17. The molecule has 0 aliphatic rings. The zero-order valence-corrected chi connectivity index (χ0v) is 17.4. The van der Waals surface area contributed by atoms with E-state index in [1.807, 2.05) is 0 Å². The molecule has 0 bridgehead atoms. The Kier molecular flexibility index (Phi) is 15.1. The Labute approximate surface area is 160 Å². The van der Waals surface area contributed by atoms with Gasteiger partial charge in [0.2, 0.25) is 0 Å². The van der Waals surface area contributed by atoms with Crippen LogP contribution in [0.1, 0.15) is 85.5 Å². The molecule has 0 rings (SSSR count). The van der Waals surface area contributed by atoms with Gasteiger partial charge in [0.25, 0.3) is 0 Å². The van der Waals surface area contributed by atoms with Gasteiger partial charge in [0, 0.05) is 0 Å². The third kappa shape index (κ3) is 10.6. The van der Waals surface area contributed by atoms with E-state index in [0.29, 0.717) is 25.0 Å². The third-order valence-electron chi connectivity index (χ3n) is 4.98. The number of rotatable bonds is 16. The van der Waals surface area contributed by atoms with Gasteiger partial charge in [-0.3, -0.25) is 9.59 Å². The first-order valence-electron chi connectivity index (χ1n) is 10.5. The Morgan fingerprint density at radius 1 is 0.846 bits per heavy atom. The summed E-state index contributed by atoms with van der Waals surface area (Å²) >= 11 is 0. The minimum absolute atomic E-state index is 0.259. The van der Waals surface area contributed by atoms with Crippen LogP contribution in [0.2, 0.25) is 0 Å². The Balaban J connectivity index is 4.55. The van der Waals surface area contributed by atoms with Crippen LogP contribution < -0.4 is 0 Å². The van der Waals surface area contributed by atoms with Crippen molar-refractivity contribution >= 4 is 11.9 Å². The fraction of sp³-hybridized carbons (Fsp3) is 0.818. The van der Waals surface area contributed by atoms with Crippen molar-refractivity contribution in [3.05, 3.63) is 12.7 Å². The summed E-state index contributed by atoms with van der Waals surface area (Å²) in [6.45, 7) is 12.9. The summed E-state index contributed by atoms with van der Waals surface area (Å²) < 4.78 is 10.9. The van der Waals surface area contributed by atoms with Crippen LogP contribution in [0.3, 0.4) is 0 Å². The lowest BCUT2D eigenvalue weighted by molar-refractivity contribution is -0.163. The van der Waals surface area contributed by atoms with Gasteiger partial charge in [-0.2, -0.15) is 0 Å². The number of unbranched alkanes of at least 4 members (excludes halogenated alkanes) is 2. The molecular formula is C22H40O4. The summed E-state index contributed by atoms with van der Waals surface area (Å²) in [4.78, 5) is 24.8. The standard InChI is InChI=1S/C22H40O4/c1-6-11-14-18(9-4)16-25-21(23)20(13-8-3)22(24)26-17-19(10-5)15-12-7-2/h8,18-20H,3,6-7,9-17H2,1-2,4-5H3. The first-order chi connectivity index (χ1) is 12.5. The van der Waals surface area contributed by atoms with Crippen LogP contribution in [0.25, 0.3) is 0 Å². The Bertz CT molecular complexity index is 360. The van der Waals surface area contributed by atoms with Gasteiger partial charge in [0.1, 0.15) is 0 Å². The molecule has 0 fully saturated rings. The molecule has 26 heavy (non-hydrogen) atoms. The molecule has 0 aromatic rings. The van der Waals surface area contributed by atoms with E-state index in [2.05, 4.69) is 34.3 Å². The molecule has 0 amide bonds. The summed E-state index contributed by atoms with van der Waals surface area (Å²) in [5.74, 6) is -1.13. The number of hydrogen-bond donors (Lipinski definition) is 0. The van der Waals surface area contributed by atoms with E-state index in [1.165, 1.54) is 0 Å². The second kappa shape index (κ2) is 15.9. The largest absolute Gasteiger partial charge is 0.465 e. The summed E-state index contributed by atoms with van der Waals surface area (Å²) in [5, 5.41) is 0. The summed E-state index contributed by atoms with van der Waals surface area (Å²) in [5.41, 5.74) is 0. The van der Waals surface area contributed by atoms with Crippen LogP contribution in [0.4, 0.5) is 0 Å². The fourth-order valence-corrected chi connectivity index (χ4v) is 2.85. The maximum atomic E-state index is 12.4. The molecule has 0 spiro atoms. The SMILES string of the molecule is C=CCC(C(=O)OCC(CC)CCCC)C(=O)OCC(CC)CCCC. The molecule has 0 saturated carbocycles. The van der Waals surface area contributed by atoms with Gasteiger partial charge in [-0.25, -0.2) is 0 Å². The van der Waals surface area contributed by atoms with Gasteiger partial charge in [-0.05, 0) is 31.1 Å². The summed E-state index contributed by atoms with van der Waals surface area (Å²) in [6, 6.07) is 0. The predicted octanol–water partition coefficient (Wildman–Crippen LogP) is 5.70. The maximum absolute atomic E-state index is 12.4. The molecule has 0 radical (unpaired) electrons. The second-order valence-electron chi connectivity index (χ2n) is 7.17. The van der Waals surface area contributed by atoms with Crippen molar-refractivity contribution in [1.82, 2.24) is 0 Å². The molecule has 0 heterocycles. The van der Waals surface area contributed by atoms with Crippen LogP contribution in [-0.4, -0.2) is 25.2 Å². The van der Waals surface area contributed by atoms with Crippen molar-refractivity contribution in [2.45, 2.75) is 85.5 Å². The van der Waals surface area contributed by atoms with Gasteiger partial charge in [-0.15, -0.1) is 6.58 Å². The average Bonchev–Trinajstić information content (AvgIpc) is 2.65. The minimum Gasteiger partial charge on any atom is -0.465 e. The van der Waals surface area contributed by atoms with E-state index < -0.39 is 17.9 Å². The van der Waals surface area contributed by atoms with Crippen molar-refractivity contribution in [2.75, 3.05) is 13.2 Å². The van der Waals surface area contributed by atoms with Crippen molar-refractivity contribution in [3.63, 3.8) is 0 Å². The van der Waals surface area contributed by atoms with E-state index in [4.69, 9.17) is 9.47 Å². The number of ether oxygens (including phenoxy) is 2. The lowest BCUT2D eigenvalue weighted by Crippen LogP contribution is -2.30. The smallest absolute Gasteiger partial charge is 0.320 e. The number of carbonyl (C=O) groups excluding carboxylic acids is 2. The van der Waals surface area contributed by atoms with Crippen LogP contribution in [0, 0.1) is 17.8 Å². The van der Waals surface area contributed by atoms with E-state index in [0.717, 1.165) is 51.4 Å². The van der Waals surface area contributed by atoms with Crippen molar-refractivity contribution in [2.24, 2.45) is 17.8 Å². The van der Waals surface area contributed by atoms with Gasteiger partial charge in [-0.1, -0.05) is 72.3 Å². The lowest BCUT2D eigenvalue weighted by atomic mass is 10.00. The molecule has 2 atom stereocenters. The van der Waals surface area contributed by atoms with Crippen LogP contribution >= 0.6 is 0 Å². The lowest BCUT2D eigenvalue weighted by Gasteiger charge is -2.19. The molecule has 0 aliphatic carbocycles. The van der Waals surface area contributed by atoms with Gasteiger partial charge < -0.3 is 9.47 Å². The van der Waals surface area contributed by atoms with Crippen molar-refractivity contribution in [3.8, 4) is 0 Å². The molecule has 0 saturated heterocycles. The summed E-state index contributed by atoms with van der Waals surface area (Å²) in [6.07, 6.45) is 10.4. The van der Waals surface area contributed by atoms with E-state index in [-0.39, 0.29) is 6.42 Å². The Morgan fingerprint density at radius 2 is 1.27 bits per heavy atom.